The highest BCUT2D eigenvalue weighted by Crippen LogP contribution is 2.26. The van der Waals surface area contributed by atoms with E-state index < -0.39 is 0 Å². The van der Waals surface area contributed by atoms with Gasteiger partial charge in [0.1, 0.15) is 5.75 Å². The Hall–Kier alpha value is -1.06. The summed E-state index contributed by atoms with van der Waals surface area (Å²) in [6, 6.07) is 8.70. The number of phenols is 1. The third-order valence-electron chi connectivity index (χ3n) is 4.09. The van der Waals surface area contributed by atoms with Gasteiger partial charge >= 0.3 is 0 Å². The minimum absolute atomic E-state index is 0.345. The summed E-state index contributed by atoms with van der Waals surface area (Å²) in [5, 5.41) is 12.9. The molecule has 1 aromatic carbocycles. The van der Waals surface area contributed by atoms with Gasteiger partial charge in [0.2, 0.25) is 0 Å². The Morgan fingerprint density at radius 2 is 2.11 bits per heavy atom. The standard InChI is InChI=1S/C16H26N2O/c1-3-11-18(15-5-4-10-17-12-15)13(2)14-6-8-16(19)9-7-14/h6-9,13,15,17,19H,3-5,10-12H2,1-2H3. The first-order valence-electron chi connectivity index (χ1n) is 7.47. The molecule has 106 valence electrons. The average molecular weight is 262 g/mol. The van der Waals surface area contributed by atoms with E-state index in [2.05, 4.69) is 24.1 Å². The minimum Gasteiger partial charge on any atom is -0.508 e. The van der Waals surface area contributed by atoms with Crippen LogP contribution < -0.4 is 5.32 Å². The van der Waals surface area contributed by atoms with Crippen molar-refractivity contribution < 1.29 is 5.11 Å². The Bertz CT molecular complexity index is 371. The third kappa shape index (κ3) is 3.71. The molecule has 0 aliphatic carbocycles. The molecule has 0 aromatic heterocycles. The van der Waals surface area contributed by atoms with Gasteiger partial charge in [-0.15, -0.1) is 0 Å². The van der Waals surface area contributed by atoms with Gasteiger partial charge in [0, 0.05) is 18.6 Å². The van der Waals surface area contributed by atoms with Crippen molar-refractivity contribution in [3.8, 4) is 5.75 Å². The Morgan fingerprint density at radius 1 is 1.37 bits per heavy atom. The maximum absolute atomic E-state index is 9.41. The van der Waals surface area contributed by atoms with Crippen molar-refractivity contribution >= 4 is 0 Å². The smallest absolute Gasteiger partial charge is 0.115 e. The van der Waals surface area contributed by atoms with Crippen LogP contribution in [0.3, 0.4) is 0 Å². The molecule has 1 aromatic rings. The maximum Gasteiger partial charge on any atom is 0.115 e. The number of benzene rings is 1. The molecule has 2 N–H and O–H groups in total. The molecule has 1 heterocycles. The monoisotopic (exact) mass is 262 g/mol. The van der Waals surface area contributed by atoms with Crippen LogP contribution >= 0.6 is 0 Å². The van der Waals surface area contributed by atoms with Gasteiger partial charge in [-0.25, -0.2) is 0 Å². The summed E-state index contributed by atoms with van der Waals surface area (Å²) in [6.45, 7) is 7.91. The van der Waals surface area contributed by atoms with Crippen LogP contribution in [0, 0.1) is 0 Å². The molecule has 0 saturated carbocycles. The molecule has 1 saturated heterocycles. The van der Waals surface area contributed by atoms with Gasteiger partial charge in [0.05, 0.1) is 0 Å². The van der Waals surface area contributed by atoms with Crippen LogP contribution in [0.4, 0.5) is 0 Å². The zero-order chi connectivity index (χ0) is 13.7. The van der Waals surface area contributed by atoms with Crippen molar-refractivity contribution in [1.82, 2.24) is 10.2 Å². The number of aromatic hydroxyl groups is 1. The van der Waals surface area contributed by atoms with E-state index in [0.29, 0.717) is 17.8 Å². The van der Waals surface area contributed by atoms with Gasteiger partial charge in [-0.1, -0.05) is 19.1 Å². The fourth-order valence-electron chi connectivity index (χ4n) is 3.01. The van der Waals surface area contributed by atoms with E-state index in [1.807, 2.05) is 12.1 Å². The molecule has 2 rings (SSSR count). The van der Waals surface area contributed by atoms with Crippen molar-refractivity contribution in [2.45, 2.75) is 45.2 Å². The van der Waals surface area contributed by atoms with E-state index in [1.165, 1.54) is 24.8 Å². The minimum atomic E-state index is 0.345. The number of nitrogens with zero attached hydrogens (tertiary/aromatic N) is 1. The lowest BCUT2D eigenvalue weighted by Gasteiger charge is -2.39. The molecule has 1 aliphatic rings. The Kier molecular flexibility index (Phi) is 5.23. The second-order valence-corrected chi connectivity index (χ2v) is 5.51. The Morgan fingerprint density at radius 3 is 2.68 bits per heavy atom. The van der Waals surface area contributed by atoms with Gasteiger partial charge in [0.15, 0.2) is 0 Å². The van der Waals surface area contributed by atoms with E-state index in [0.717, 1.165) is 19.6 Å². The van der Waals surface area contributed by atoms with Crippen LogP contribution in [-0.4, -0.2) is 35.7 Å². The fourth-order valence-corrected chi connectivity index (χ4v) is 3.01. The average Bonchev–Trinajstić information content (AvgIpc) is 2.46. The van der Waals surface area contributed by atoms with E-state index in [4.69, 9.17) is 0 Å². The lowest BCUT2D eigenvalue weighted by molar-refractivity contribution is 0.120. The van der Waals surface area contributed by atoms with E-state index in [9.17, 15) is 5.11 Å². The van der Waals surface area contributed by atoms with Gasteiger partial charge in [0.25, 0.3) is 0 Å². The molecule has 0 radical (unpaired) electrons. The van der Waals surface area contributed by atoms with Gasteiger partial charge < -0.3 is 10.4 Å². The highest BCUT2D eigenvalue weighted by Gasteiger charge is 2.25. The molecular formula is C16H26N2O. The van der Waals surface area contributed by atoms with E-state index in [-0.39, 0.29) is 0 Å². The Labute approximate surface area is 116 Å². The number of piperidine rings is 1. The SMILES string of the molecule is CCCN(C1CCCNC1)C(C)c1ccc(O)cc1. The predicted octanol–water partition coefficient (Wildman–Crippen LogP) is 2.92. The number of phenolic OH excluding ortho intramolecular Hbond substituents is 1. The first-order chi connectivity index (χ1) is 9.22. The van der Waals surface area contributed by atoms with Crippen molar-refractivity contribution in [3.63, 3.8) is 0 Å². The van der Waals surface area contributed by atoms with E-state index in [1.54, 1.807) is 12.1 Å². The zero-order valence-corrected chi connectivity index (χ0v) is 12.1. The largest absolute Gasteiger partial charge is 0.508 e. The molecule has 1 fully saturated rings. The number of rotatable bonds is 5. The molecule has 2 atom stereocenters. The maximum atomic E-state index is 9.41. The van der Waals surface area contributed by atoms with Crippen LogP contribution in [0.1, 0.15) is 44.7 Å². The fraction of sp³-hybridized carbons (Fsp3) is 0.625. The van der Waals surface area contributed by atoms with Crippen molar-refractivity contribution in [2.24, 2.45) is 0 Å². The van der Waals surface area contributed by atoms with Gasteiger partial charge in [-0.3, -0.25) is 4.90 Å². The van der Waals surface area contributed by atoms with Crippen molar-refractivity contribution in [3.05, 3.63) is 29.8 Å². The van der Waals surface area contributed by atoms with Crippen molar-refractivity contribution in [1.29, 1.82) is 0 Å². The summed E-state index contributed by atoms with van der Waals surface area (Å²) in [5.41, 5.74) is 1.29. The van der Waals surface area contributed by atoms with Crippen LogP contribution in [0.25, 0.3) is 0 Å². The first-order valence-corrected chi connectivity index (χ1v) is 7.47. The molecular weight excluding hydrogens is 236 g/mol. The van der Waals surface area contributed by atoms with E-state index >= 15 is 0 Å². The molecule has 19 heavy (non-hydrogen) atoms. The summed E-state index contributed by atoms with van der Waals surface area (Å²) in [4.78, 5) is 2.61. The lowest BCUT2D eigenvalue weighted by atomic mass is 10.00. The number of hydrogen-bond donors (Lipinski definition) is 2. The van der Waals surface area contributed by atoms with Crippen LogP contribution in [-0.2, 0) is 0 Å². The summed E-state index contributed by atoms with van der Waals surface area (Å²) in [6.07, 6.45) is 3.74. The summed E-state index contributed by atoms with van der Waals surface area (Å²) < 4.78 is 0. The second kappa shape index (κ2) is 6.92. The van der Waals surface area contributed by atoms with Crippen LogP contribution in [0.5, 0.6) is 5.75 Å². The second-order valence-electron chi connectivity index (χ2n) is 5.51. The normalized spacial score (nSPS) is 21.5. The zero-order valence-electron chi connectivity index (χ0n) is 12.1. The molecule has 3 heteroatoms. The number of hydrogen-bond acceptors (Lipinski definition) is 3. The van der Waals surface area contributed by atoms with Crippen molar-refractivity contribution in [2.75, 3.05) is 19.6 Å². The molecule has 0 amide bonds. The quantitative estimate of drug-likeness (QED) is 0.856. The Balaban J connectivity index is 2.10. The van der Waals surface area contributed by atoms with Crippen LogP contribution in [0.15, 0.2) is 24.3 Å². The molecule has 1 aliphatic heterocycles. The molecule has 3 nitrogen and oxygen atoms in total. The highest BCUT2D eigenvalue weighted by atomic mass is 16.3. The molecule has 0 bridgehead atoms. The third-order valence-corrected chi connectivity index (χ3v) is 4.09. The first kappa shape index (κ1) is 14.4. The summed E-state index contributed by atoms with van der Waals surface area (Å²) in [7, 11) is 0. The highest BCUT2D eigenvalue weighted by molar-refractivity contribution is 5.27. The summed E-state index contributed by atoms with van der Waals surface area (Å²) >= 11 is 0. The topological polar surface area (TPSA) is 35.5 Å². The molecule has 0 spiro atoms. The number of nitrogens with one attached hydrogen (secondary N) is 1. The predicted molar refractivity (Wildman–Crippen MR) is 79.4 cm³/mol. The summed E-state index contributed by atoms with van der Waals surface area (Å²) in [5.74, 6) is 0.345. The molecule has 2 unspecified atom stereocenters. The lowest BCUT2D eigenvalue weighted by Crippen LogP contribution is -2.47. The van der Waals surface area contributed by atoms with Gasteiger partial charge in [-0.05, 0) is 57.0 Å². The van der Waals surface area contributed by atoms with Gasteiger partial charge in [-0.2, -0.15) is 0 Å². The van der Waals surface area contributed by atoms with Crippen LogP contribution in [0.2, 0.25) is 0 Å².